The fraction of sp³-hybridized carbons (Fsp3) is 0.586. The molecule has 3 aliphatic rings. The molecule has 1 N–H and O–H groups in total. The maximum absolute atomic E-state index is 13.3. The predicted molar refractivity (Wildman–Crippen MR) is 139 cm³/mol. The first-order chi connectivity index (χ1) is 19.0. The van der Waals surface area contributed by atoms with Crippen molar-refractivity contribution in [2.24, 2.45) is 0 Å². The number of aliphatic hydroxyl groups is 1. The molecule has 5 rings (SSSR count). The van der Waals surface area contributed by atoms with E-state index in [0.29, 0.717) is 51.0 Å². The molecule has 2 aromatic carbocycles. The molecule has 2 aliphatic heterocycles. The molecule has 1 unspecified atom stereocenters. The largest absolute Gasteiger partial charge is 0.416 e. The van der Waals surface area contributed by atoms with Crippen molar-refractivity contribution >= 4 is 8.41 Å². The molecular formula is C29H34BF6O5. The van der Waals surface area contributed by atoms with Crippen LogP contribution in [-0.4, -0.2) is 58.9 Å². The molecule has 1 aliphatic carbocycles. The quantitative estimate of drug-likeness (QED) is 0.311. The Morgan fingerprint density at radius 1 is 0.780 bits per heavy atom. The number of halogens is 6. The molecular weight excluding hydrogens is 553 g/mol. The van der Waals surface area contributed by atoms with Crippen LogP contribution in [0.25, 0.3) is 0 Å². The molecule has 2 aromatic rings. The minimum absolute atomic E-state index is 0. The molecule has 12 heteroatoms. The van der Waals surface area contributed by atoms with Gasteiger partial charge in [-0.1, -0.05) is 30.3 Å². The zero-order valence-corrected chi connectivity index (χ0v) is 22.6. The number of rotatable bonds is 6. The first-order valence-corrected chi connectivity index (χ1v) is 13.4. The van der Waals surface area contributed by atoms with Gasteiger partial charge in [-0.25, -0.2) is 0 Å². The smallest absolute Gasteiger partial charge is 0.393 e. The molecule has 41 heavy (non-hydrogen) atoms. The summed E-state index contributed by atoms with van der Waals surface area (Å²) in [5.74, 6) is -0.669. The first kappa shape index (κ1) is 33.4. The Labute approximate surface area is 237 Å². The number of ether oxygens (including phenoxy) is 4. The molecule has 2 saturated heterocycles. The standard InChI is InChI=1S/C25H26F6O4.C4H8O.B/c26-24(27,28)19-12-17(13-20(14-19)25(29,30)31)21(15-32)33-16-22(18-4-2-1-3-5-18)6-8-23(9-7-22)34-10-11-35-23;1-2-4-5-3-1;/h1-5,12-14,21,32H,6-11,15-16H2;1-4H2;. The second kappa shape index (κ2) is 13.9. The van der Waals surface area contributed by atoms with E-state index in [2.05, 4.69) is 0 Å². The molecule has 5 nitrogen and oxygen atoms in total. The lowest BCUT2D eigenvalue weighted by Crippen LogP contribution is -2.44. The van der Waals surface area contributed by atoms with E-state index in [4.69, 9.17) is 18.9 Å². The Bertz CT molecular complexity index is 1040. The highest BCUT2D eigenvalue weighted by Crippen LogP contribution is 2.47. The van der Waals surface area contributed by atoms with Crippen LogP contribution in [0.2, 0.25) is 0 Å². The Kier molecular flexibility index (Phi) is 11.3. The average Bonchev–Trinajstić information content (AvgIpc) is 3.66. The van der Waals surface area contributed by atoms with Gasteiger partial charge in [0.05, 0.1) is 37.6 Å². The van der Waals surface area contributed by atoms with Gasteiger partial charge in [0.15, 0.2) is 5.79 Å². The predicted octanol–water partition coefficient (Wildman–Crippen LogP) is 6.45. The number of hydrogen-bond acceptors (Lipinski definition) is 5. The average molecular weight is 587 g/mol. The Hall–Kier alpha value is -2.12. The molecule has 3 fully saturated rings. The van der Waals surface area contributed by atoms with Crippen molar-refractivity contribution in [1.82, 2.24) is 0 Å². The highest BCUT2D eigenvalue weighted by atomic mass is 19.4. The third-order valence-electron chi connectivity index (χ3n) is 7.70. The summed E-state index contributed by atoms with van der Waals surface area (Å²) >= 11 is 0. The Balaban J connectivity index is 0.000000696. The van der Waals surface area contributed by atoms with Gasteiger partial charge in [0, 0.05) is 39.9 Å². The summed E-state index contributed by atoms with van der Waals surface area (Å²) in [6.07, 6.45) is -6.50. The van der Waals surface area contributed by atoms with Crippen LogP contribution in [0, 0.1) is 0 Å². The van der Waals surface area contributed by atoms with Crippen LogP contribution < -0.4 is 0 Å². The van der Waals surface area contributed by atoms with E-state index < -0.39 is 47.4 Å². The van der Waals surface area contributed by atoms with Crippen LogP contribution in [0.15, 0.2) is 48.5 Å². The first-order valence-electron chi connectivity index (χ1n) is 13.4. The van der Waals surface area contributed by atoms with E-state index in [-0.39, 0.29) is 26.6 Å². The zero-order chi connectivity index (χ0) is 28.9. The van der Waals surface area contributed by atoms with Crippen molar-refractivity contribution in [3.63, 3.8) is 0 Å². The Morgan fingerprint density at radius 2 is 1.32 bits per heavy atom. The maximum Gasteiger partial charge on any atom is 0.416 e. The van der Waals surface area contributed by atoms with Crippen LogP contribution in [0.1, 0.15) is 66.9 Å². The summed E-state index contributed by atoms with van der Waals surface area (Å²) in [6, 6.07) is 10.7. The van der Waals surface area contributed by atoms with Crippen molar-refractivity contribution in [3.8, 4) is 0 Å². The molecule has 0 bridgehead atoms. The lowest BCUT2D eigenvalue weighted by atomic mass is 9.68. The van der Waals surface area contributed by atoms with Gasteiger partial charge in [-0.05, 0) is 55.0 Å². The summed E-state index contributed by atoms with van der Waals surface area (Å²) in [6.45, 7) is 2.21. The molecule has 3 radical (unpaired) electrons. The maximum atomic E-state index is 13.3. The monoisotopic (exact) mass is 587 g/mol. The summed E-state index contributed by atoms with van der Waals surface area (Å²) in [5.41, 5.74) is -2.91. The van der Waals surface area contributed by atoms with Crippen LogP contribution >= 0.6 is 0 Å². The van der Waals surface area contributed by atoms with E-state index in [1.807, 2.05) is 30.3 Å². The molecule has 2 heterocycles. The summed E-state index contributed by atoms with van der Waals surface area (Å²) in [4.78, 5) is 0. The second-order valence-corrected chi connectivity index (χ2v) is 10.4. The molecule has 0 amide bonds. The second-order valence-electron chi connectivity index (χ2n) is 10.4. The van der Waals surface area contributed by atoms with Crippen molar-refractivity contribution in [2.75, 3.05) is 39.6 Å². The molecule has 225 valence electrons. The molecule has 1 atom stereocenters. The van der Waals surface area contributed by atoms with E-state index >= 15 is 0 Å². The normalized spacial score (nSPS) is 20.7. The van der Waals surface area contributed by atoms with Crippen LogP contribution in [0.3, 0.4) is 0 Å². The highest BCUT2D eigenvalue weighted by molar-refractivity contribution is 5.75. The van der Waals surface area contributed by atoms with Crippen LogP contribution in [0.5, 0.6) is 0 Å². The minimum atomic E-state index is -4.99. The van der Waals surface area contributed by atoms with Gasteiger partial charge in [0.1, 0.15) is 6.10 Å². The van der Waals surface area contributed by atoms with Crippen molar-refractivity contribution in [2.45, 2.75) is 68.2 Å². The molecule has 0 aromatic heterocycles. The molecule has 1 saturated carbocycles. The van der Waals surface area contributed by atoms with Gasteiger partial charge < -0.3 is 24.1 Å². The van der Waals surface area contributed by atoms with Crippen molar-refractivity contribution in [3.05, 3.63) is 70.8 Å². The summed E-state index contributed by atoms with van der Waals surface area (Å²) < 4.78 is 102. The molecule has 1 spiro atoms. The van der Waals surface area contributed by atoms with Crippen molar-refractivity contribution in [1.29, 1.82) is 0 Å². The van der Waals surface area contributed by atoms with E-state index in [9.17, 15) is 31.4 Å². The third-order valence-corrected chi connectivity index (χ3v) is 7.70. The number of aliphatic hydroxyl groups excluding tert-OH is 1. The topological polar surface area (TPSA) is 57.2 Å². The summed E-state index contributed by atoms with van der Waals surface area (Å²) in [5, 5.41) is 9.89. The zero-order valence-electron chi connectivity index (χ0n) is 22.6. The van der Waals surface area contributed by atoms with E-state index in [1.54, 1.807) is 0 Å². The number of benzene rings is 2. The fourth-order valence-electron chi connectivity index (χ4n) is 5.39. The fourth-order valence-corrected chi connectivity index (χ4v) is 5.39. The number of hydrogen-bond donors (Lipinski definition) is 1. The summed E-state index contributed by atoms with van der Waals surface area (Å²) in [7, 11) is 0. The van der Waals surface area contributed by atoms with Gasteiger partial charge in [0.2, 0.25) is 0 Å². The van der Waals surface area contributed by atoms with Crippen LogP contribution in [0.4, 0.5) is 26.3 Å². The third kappa shape index (κ3) is 8.47. The van der Waals surface area contributed by atoms with E-state index in [0.717, 1.165) is 18.8 Å². The van der Waals surface area contributed by atoms with E-state index in [1.165, 1.54) is 12.8 Å². The van der Waals surface area contributed by atoms with Gasteiger partial charge in [-0.3, -0.25) is 0 Å². The lowest BCUT2D eigenvalue weighted by Gasteiger charge is -2.44. The minimum Gasteiger partial charge on any atom is -0.393 e. The van der Waals surface area contributed by atoms with Gasteiger partial charge >= 0.3 is 12.4 Å². The van der Waals surface area contributed by atoms with Gasteiger partial charge in [-0.2, -0.15) is 26.3 Å². The Morgan fingerprint density at radius 3 is 1.76 bits per heavy atom. The lowest BCUT2D eigenvalue weighted by molar-refractivity contribution is -0.189. The van der Waals surface area contributed by atoms with Gasteiger partial charge in [0.25, 0.3) is 0 Å². The van der Waals surface area contributed by atoms with Gasteiger partial charge in [-0.15, -0.1) is 0 Å². The number of alkyl halides is 6. The van der Waals surface area contributed by atoms with Crippen molar-refractivity contribution < 1.29 is 50.4 Å². The van der Waals surface area contributed by atoms with Crippen LogP contribution in [-0.2, 0) is 36.7 Å². The SMILES string of the molecule is C1CCOC1.OCC(OCC1(c2ccccc2)CCC2(CC1)OCCO2)c1cc(C(F)(F)F)cc(C(F)(F)F)c1.[B]. The highest BCUT2D eigenvalue weighted by Gasteiger charge is 2.47.